The van der Waals surface area contributed by atoms with Gasteiger partial charge < -0.3 is 0 Å². The molecule has 21 heavy (non-hydrogen) atoms. The summed E-state index contributed by atoms with van der Waals surface area (Å²) < 4.78 is 0. The summed E-state index contributed by atoms with van der Waals surface area (Å²) >= 11 is 0. The van der Waals surface area contributed by atoms with Gasteiger partial charge in [0, 0.05) is 6.07 Å². The van der Waals surface area contributed by atoms with Crippen molar-refractivity contribution in [1.29, 1.82) is 0 Å². The first kappa shape index (κ1) is 13.0. The van der Waals surface area contributed by atoms with E-state index >= 15 is 0 Å². The first-order valence-corrected chi connectivity index (χ1v) is 6.51. The van der Waals surface area contributed by atoms with E-state index in [0.29, 0.717) is 16.6 Å². The minimum absolute atomic E-state index is 0.0771. The van der Waals surface area contributed by atoms with E-state index in [-0.39, 0.29) is 10.6 Å². The summed E-state index contributed by atoms with van der Waals surface area (Å²) in [7, 11) is 0. The predicted octanol–water partition coefficient (Wildman–Crippen LogP) is 4.31. The third-order valence-electron chi connectivity index (χ3n) is 3.16. The van der Waals surface area contributed by atoms with Crippen LogP contribution < -0.4 is 0 Å². The summed E-state index contributed by atoms with van der Waals surface area (Å²) in [5.74, 6) is 0. The fraction of sp³-hybridized carbons (Fsp3) is 0. The lowest BCUT2D eigenvalue weighted by Gasteiger charge is -2.01. The zero-order valence-corrected chi connectivity index (χ0v) is 11.1. The average molecular weight is 276 g/mol. The molecule has 3 rings (SSSR count). The molecule has 0 unspecified atom stereocenters. The number of nitro groups is 1. The van der Waals surface area contributed by atoms with Crippen molar-refractivity contribution in [2.45, 2.75) is 0 Å². The van der Waals surface area contributed by atoms with E-state index in [4.69, 9.17) is 0 Å². The van der Waals surface area contributed by atoms with Gasteiger partial charge in [-0.1, -0.05) is 48.5 Å². The minimum atomic E-state index is -0.371. The van der Waals surface area contributed by atoms with Crippen molar-refractivity contribution in [3.63, 3.8) is 0 Å². The lowest BCUT2D eigenvalue weighted by atomic mass is 10.1. The Kier molecular flexibility index (Phi) is 3.43. The molecular weight excluding hydrogens is 264 g/mol. The summed E-state index contributed by atoms with van der Waals surface area (Å²) in [4.78, 5) is 15.3. The summed E-state index contributed by atoms with van der Waals surface area (Å²) in [5, 5.41) is 11.8. The van der Waals surface area contributed by atoms with Gasteiger partial charge in [-0.25, -0.2) is 4.98 Å². The fourth-order valence-corrected chi connectivity index (χ4v) is 2.16. The van der Waals surface area contributed by atoms with Gasteiger partial charge in [-0.2, -0.15) is 0 Å². The molecule has 0 amide bonds. The van der Waals surface area contributed by atoms with Gasteiger partial charge in [-0.05, 0) is 23.8 Å². The molecular formula is C17H12N2O2. The Morgan fingerprint density at radius 1 is 0.952 bits per heavy atom. The number of aromatic nitrogens is 1. The van der Waals surface area contributed by atoms with Crippen molar-refractivity contribution < 1.29 is 4.92 Å². The zero-order valence-electron chi connectivity index (χ0n) is 11.1. The van der Waals surface area contributed by atoms with E-state index in [1.807, 2.05) is 42.5 Å². The lowest BCUT2D eigenvalue weighted by molar-refractivity contribution is -0.383. The van der Waals surface area contributed by atoms with Crippen molar-refractivity contribution in [1.82, 2.24) is 4.98 Å². The van der Waals surface area contributed by atoms with Crippen molar-refractivity contribution in [3.05, 3.63) is 82.0 Å². The van der Waals surface area contributed by atoms with Gasteiger partial charge in [0.05, 0.1) is 21.5 Å². The SMILES string of the molecule is O=[N+]([O-])c1cc(C=Cc2ccccc2)nc2ccccc12. The number of nitrogens with zero attached hydrogens (tertiary/aromatic N) is 2. The van der Waals surface area contributed by atoms with Gasteiger partial charge in [0.15, 0.2) is 0 Å². The molecule has 0 fully saturated rings. The van der Waals surface area contributed by atoms with Crippen molar-refractivity contribution in [2.75, 3.05) is 0 Å². The van der Waals surface area contributed by atoms with Crippen LogP contribution >= 0.6 is 0 Å². The van der Waals surface area contributed by atoms with Gasteiger partial charge in [0.2, 0.25) is 0 Å². The van der Waals surface area contributed by atoms with Crippen LogP contribution in [0.5, 0.6) is 0 Å². The van der Waals surface area contributed by atoms with E-state index in [0.717, 1.165) is 5.56 Å². The molecule has 0 aliphatic heterocycles. The molecule has 2 aromatic carbocycles. The summed E-state index contributed by atoms with van der Waals surface area (Å²) in [5.41, 5.74) is 2.30. The maximum absolute atomic E-state index is 11.2. The Hall–Kier alpha value is -3.01. The molecule has 0 bridgehead atoms. The third-order valence-corrected chi connectivity index (χ3v) is 3.16. The molecule has 3 aromatic rings. The highest BCUT2D eigenvalue weighted by Crippen LogP contribution is 2.25. The lowest BCUT2D eigenvalue weighted by Crippen LogP contribution is -1.93. The van der Waals surface area contributed by atoms with Crippen LogP contribution in [0.15, 0.2) is 60.7 Å². The smallest absolute Gasteiger partial charge is 0.258 e. The number of pyridine rings is 1. The summed E-state index contributed by atoms with van der Waals surface area (Å²) in [6.07, 6.45) is 3.68. The van der Waals surface area contributed by atoms with Crippen molar-refractivity contribution in [3.8, 4) is 0 Å². The molecule has 1 aromatic heterocycles. The van der Waals surface area contributed by atoms with Gasteiger partial charge in [0.1, 0.15) is 0 Å². The van der Waals surface area contributed by atoms with Gasteiger partial charge >= 0.3 is 0 Å². The topological polar surface area (TPSA) is 56.0 Å². The maximum atomic E-state index is 11.2. The Labute approximate surface area is 121 Å². The molecule has 0 N–H and O–H groups in total. The quantitative estimate of drug-likeness (QED) is 0.529. The second kappa shape index (κ2) is 5.54. The fourth-order valence-electron chi connectivity index (χ4n) is 2.16. The van der Waals surface area contributed by atoms with E-state index < -0.39 is 0 Å². The monoisotopic (exact) mass is 276 g/mol. The number of para-hydroxylation sites is 1. The summed E-state index contributed by atoms with van der Waals surface area (Å²) in [6.45, 7) is 0. The second-order valence-corrected chi connectivity index (χ2v) is 4.58. The molecule has 0 aliphatic carbocycles. The summed E-state index contributed by atoms with van der Waals surface area (Å²) in [6, 6.07) is 18.3. The molecule has 0 spiro atoms. The first-order chi connectivity index (χ1) is 10.2. The largest absolute Gasteiger partial charge is 0.280 e. The van der Waals surface area contributed by atoms with Gasteiger partial charge in [0.25, 0.3) is 5.69 Å². The van der Waals surface area contributed by atoms with Crippen LogP contribution in [0.25, 0.3) is 23.1 Å². The Bertz CT molecular complexity index is 827. The van der Waals surface area contributed by atoms with E-state index in [9.17, 15) is 10.1 Å². The van der Waals surface area contributed by atoms with E-state index in [1.54, 1.807) is 24.3 Å². The Morgan fingerprint density at radius 2 is 1.67 bits per heavy atom. The highest BCUT2D eigenvalue weighted by molar-refractivity contribution is 5.89. The molecule has 0 radical (unpaired) electrons. The van der Waals surface area contributed by atoms with Crippen LogP contribution in [-0.2, 0) is 0 Å². The number of fused-ring (bicyclic) bond motifs is 1. The number of benzene rings is 2. The van der Waals surface area contributed by atoms with E-state index in [2.05, 4.69) is 4.98 Å². The van der Waals surface area contributed by atoms with Crippen LogP contribution in [0.1, 0.15) is 11.3 Å². The van der Waals surface area contributed by atoms with Crippen LogP contribution in [0.3, 0.4) is 0 Å². The molecule has 102 valence electrons. The third kappa shape index (κ3) is 2.79. The molecule has 0 atom stereocenters. The normalized spacial score (nSPS) is 11.0. The van der Waals surface area contributed by atoms with Crippen LogP contribution in [0, 0.1) is 10.1 Å². The van der Waals surface area contributed by atoms with Crippen molar-refractivity contribution >= 4 is 28.7 Å². The zero-order chi connectivity index (χ0) is 14.7. The molecule has 1 heterocycles. The highest BCUT2D eigenvalue weighted by atomic mass is 16.6. The van der Waals surface area contributed by atoms with Crippen molar-refractivity contribution in [2.24, 2.45) is 0 Å². The number of rotatable bonds is 3. The second-order valence-electron chi connectivity index (χ2n) is 4.58. The minimum Gasteiger partial charge on any atom is -0.258 e. The number of hydrogen-bond acceptors (Lipinski definition) is 3. The standard InChI is InChI=1S/C17H12N2O2/c20-19(21)17-12-14(11-10-13-6-2-1-3-7-13)18-16-9-5-4-8-15(16)17/h1-12H. The van der Waals surface area contributed by atoms with Crippen LogP contribution in [-0.4, -0.2) is 9.91 Å². The molecule has 4 heteroatoms. The van der Waals surface area contributed by atoms with E-state index in [1.165, 1.54) is 6.07 Å². The van der Waals surface area contributed by atoms with Crippen LogP contribution in [0.2, 0.25) is 0 Å². The maximum Gasteiger partial charge on any atom is 0.280 e. The predicted molar refractivity (Wildman–Crippen MR) is 83.8 cm³/mol. The molecule has 0 aliphatic rings. The average Bonchev–Trinajstić information content (AvgIpc) is 2.53. The van der Waals surface area contributed by atoms with Gasteiger partial charge in [-0.15, -0.1) is 0 Å². The molecule has 4 nitrogen and oxygen atoms in total. The molecule has 0 saturated carbocycles. The Morgan fingerprint density at radius 3 is 2.43 bits per heavy atom. The molecule has 0 saturated heterocycles. The first-order valence-electron chi connectivity index (χ1n) is 6.51. The van der Waals surface area contributed by atoms with Gasteiger partial charge in [-0.3, -0.25) is 10.1 Å². The number of hydrogen-bond donors (Lipinski definition) is 0. The van der Waals surface area contributed by atoms with Crippen LogP contribution in [0.4, 0.5) is 5.69 Å². The highest BCUT2D eigenvalue weighted by Gasteiger charge is 2.13. The Balaban J connectivity index is 2.07.